The molecule has 0 bridgehead atoms. The first-order chi connectivity index (χ1) is 9.04. The van der Waals surface area contributed by atoms with Crippen molar-refractivity contribution in [1.82, 2.24) is 4.90 Å². The lowest BCUT2D eigenvalue weighted by Gasteiger charge is -2.21. The van der Waals surface area contributed by atoms with Crippen LogP contribution >= 0.6 is 12.4 Å². The van der Waals surface area contributed by atoms with Crippen molar-refractivity contribution in [3.05, 3.63) is 29.8 Å². The Balaban J connectivity index is 0.00000361. The maximum absolute atomic E-state index is 11.8. The molecule has 114 valence electrons. The van der Waals surface area contributed by atoms with Crippen LogP contribution in [0.1, 0.15) is 5.56 Å². The molecule has 1 amide bonds. The van der Waals surface area contributed by atoms with Gasteiger partial charge >= 0.3 is 0 Å². The van der Waals surface area contributed by atoms with Gasteiger partial charge in [-0.25, -0.2) is 0 Å². The Labute approximate surface area is 126 Å². The van der Waals surface area contributed by atoms with Gasteiger partial charge in [-0.1, -0.05) is 17.7 Å². The number of ether oxygens (including phenoxy) is 2. The lowest BCUT2D eigenvalue weighted by molar-refractivity contribution is -0.132. The molecule has 0 spiro atoms. The Morgan fingerprint density at radius 3 is 2.50 bits per heavy atom. The first-order valence-corrected chi connectivity index (χ1v) is 6.23. The smallest absolute Gasteiger partial charge is 0.241 e. The zero-order valence-electron chi connectivity index (χ0n) is 12.2. The third kappa shape index (κ3) is 6.23. The van der Waals surface area contributed by atoms with Gasteiger partial charge in [0.2, 0.25) is 5.91 Å². The predicted molar refractivity (Wildman–Crippen MR) is 81.4 cm³/mol. The Bertz CT molecular complexity index is 398. The van der Waals surface area contributed by atoms with Crippen molar-refractivity contribution in [3.8, 4) is 5.75 Å². The second kappa shape index (κ2) is 9.58. The van der Waals surface area contributed by atoms with E-state index in [2.05, 4.69) is 0 Å². The second-order valence-corrected chi connectivity index (χ2v) is 4.48. The molecule has 6 heteroatoms. The summed E-state index contributed by atoms with van der Waals surface area (Å²) in [5.74, 6) is 0.655. The highest BCUT2D eigenvalue weighted by molar-refractivity contribution is 5.85. The van der Waals surface area contributed by atoms with Crippen molar-refractivity contribution in [3.63, 3.8) is 0 Å². The molecule has 1 unspecified atom stereocenters. The van der Waals surface area contributed by atoms with E-state index in [9.17, 15) is 4.79 Å². The van der Waals surface area contributed by atoms with E-state index in [1.165, 1.54) is 12.7 Å². The maximum Gasteiger partial charge on any atom is 0.241 e. The highest BCUT2D eigenvalue weighted by atomic mass is 35.5. The van der Waals surface area contributed by atoms with Gasteiger partial charge in [-0.2, -0.15) is 0 Å². The molecule has 0 aliphatic heterocycles. The van der Waals surface area contributed by atoms with Crippen LogP contribution in [0.5, 0.6) is 5.75 Å². The Morgan fingerprint density at radius 1 is 1.35 bits per heavy atom. The Kier molecular flexibility index (Phi) is 8.96. The van der Waals surface area contributed by atoms with Gasteiger partial charge in [-0.15, -0.1) is 12.4 Å². The molecular weight excluding hydrogens is 280 g/mol. The highest BCUT2D eigenvalue weighted by Gasteiger charge is 2.17. The van der Waals surface area contributed by atoms with E-state index >= 15 is 0 Å². The Morgan fingerprint density at radius 2 is 1.95 bits per heavy atom. The van der Waals surface area contributed by atoms with Gasteiger partial charge in [0.1, 0.15) is 18.4 Å². The van der Waals surface area contributed by atoms with Gasteiger partial charge in [0.15, 0.2) is 0 Å². The number of methoxy groups -OCH3 is 1. The normalized spacial score (nSPS) is 11.4. The van der Waals surface area contributed by atoms with Crippen molar-refractivity contribution < 1.29 is 14.3 Å². The Hall–Kier alpha value is -1.30. The topological polar surface area (TPSA) is 64.8 Å². The summed E-state index contributed by atoms with van der Waals surface area (Å²) in [6.45, 7) is 3.17. The van der Waals surface area contributed by atoms with Crippen LogP contribution < -0.4 is 10.5 Å². The number of benzene rings is 1. The molecule has 1 aromatic carbocycles. The summed E-state index contributed by atoms with van der Waals surface area (Å²) in [4.78, 5) is 13.3. The van der Waals surface area contributed by atoms with Crippen molar-refractivity contribution >= 4 is 18.3 Å². The van der Waals surface area contributed by atoms with Crippen LogP contribution in [0.4, 0.5) is 0 Å². The monoisotopic (exact) mass is 302 g/mol. The summed E-state index contributed by atoms with van der Waals surface area (Å²) >= 11 is 0. The van der Waals surface area contributed by atoms with Crippen LogP contribution in [0.3, 0.4) is 0 Å². The SMILES string of the molecule is COCC(N)C(=O)N(C)CCOc1ccc(C)cc1.Cl. The molecular formula is C14H23ClN2O3. The average molecular weight is 303 g/mol. The molecule has 5 nitrogen and oxygen atoms in total. The molecule has 1 rings (SSSR count). The minimum Gasteiger partial charge on any atom is -0.492 e. The average Bonchev–Trinajstić information content (AvgIpc) is 2.40. The number of amides is 1. The largest absolute Gasteiger partial charge is 0.492 e. The molecule has 1 atom stereocenters. The number of halogens is 1. The molecule has 0 fully saturated rings. The number of hydrogen-bond acceptors (Lipinski definition) is 4. The third-order valence-electron chi connectivity index (χ3n) is 2.76. The molecule has 1 aromatic rings. The summed E-state index contributed by atoms with van der Waals surface area (Å²) in [6.07, 6.45) is 0. The molecule has 0 aliphatic rings. The predicted octanol–water partition coefficient (Wildman–Crippen LogP) is 1.23. The molecule has 2 N–H and O–H groups in total. The van der Waals surface area contributed by atoms with Crippen LogP contribution in [-0.4, -0.2) is 50.8 Å². The summed E-state index contributed by atoms with van der Waals surface area (Å²) in [5.41, 5.74) is 6.86. The third-order valence-corrected chi connectivity index (χ3v) is 2.76. The molecule has 0 saturated heterocycles. The van der Waals surface area contributed by atoms with E-state index < -0.39 is 6.04 Å². The standard InChI is InChI=1S/C14H22N2O3.ClH/c1-11-4-6-12(7-5-11)19-9-8-16(2)14(17)13(15)10-18-3;/h4-7,13H,8-10,15H2,1-3H3;1H. The van der Waals surface area contributed by atoms with Gasteiger partial charge < -0.3 is 20.1 Å². The fraction of sp³-hybridized carbons (Fsp3) is 0.500. The number of nitrogens with zero attached hydrogens (tertiary/aromatic N) is 1. The molecule has 0 radical (unpaired) electrons. The lowest BCUT2D eigenvalue weighted by Crippen LogP contribution is -2.45. The number of likely N-dealkylation sites (N-methyl/N-ethyl adjacent to an activating group) is 1. The lowest BCUT2D eigenvalue weighted by atomic mass is 10.2. The first kappa shape index (κ1) is 18.7. The molecule has 0 saturated carbocycles. The number of carbonyl (C=O) groups is 1. The van der Waals surface area contributed by atoms with E-state index in [0.717, 1.165) is 5.75 Å². The highest BCUT2D eigenvalue weighted by Crippen LogP contribution is 2.11. The quantitative estimate of drug-likeness (QED) is 0.823. The van der Waals surface area contributed by atoms with Gasteiger partial charge in [-0.05, 0) is 19.1 Å². The number of aryl methyl sites for hydroxylation is 1. The van der Waals surface area contributed by atoms with Crippen LogP contribution in [0.2, 0.25) is 0 Å². The van der Waals surface area contributed by atoms with Gasteiger partial charge in [0, 0.05) is 14.2 Å². The van der Waals surface area contributed by atoms with E-state index in [4.69, 9.17) is 15.2 Å². The van der Waals surface area contributed by atoms with Gasteiger partial charge in [0.05, 0.1) is 13.2 Å². The van der Waals surface area contributed by atoms with E-state index in [1.807, 2.05) is 31.2 Å². The van der Waals surface area contributed by atoms with Crippen molar-refractivity contribution in [2.45, 2.75) is 13.0 Å². The second-order valence-electron chi connectivity index (χ2n) is 4.48. The molecule has 0 aliphatic carbocycles. The summed E-state index contributed by atoms with van der Waals surface area (Å²) < 4.78 is 10.4. The van der Waals surface area contributed by atoms with Crippen molar-refractivity contribution in [2.24, 2.45) is 5.73 Å². The van der Waals surface area contributed by atoms with E-state index in [0.29, 0.717) is 13.2 Å². The molecule has 0 aromatic heterocycles. The summed E-state index contributed by atoms with van der Waals surface area (Å²) in [5, 5.41) is 0. The van der Waals surface area contributed by atoms with Gasteiger partial charge in [-0.3, -0.25) is 4.79 Å². The minimum absolute atomic E-state index is 0. The number of rotatable bonds is 7. The summed E-state index contributed by atoms with van der Waals surface area (Å²) in [7, 11) is 3.23. The molecule has 0 heterocycles. The van der Waals surface area contributed by atoms with Crippen LogP contribution in [0, 0.1) is 6.92 Å². The first-order valence-electron chi connectivity index (χ1n) is 6.23. The number of carbonyl (C=O) groups excluding carboxylic acids is 1. The van der Waals surface area contributed by atoms with Crippen molar-refractivity contribution in [1.29, 1.82) is 0 Å². The van der Waals surface area contributed by atoms with Crippen LogP contribution in [-0.2, 0) is 9.53 Å². The van der Waals surface area contributed by atoms with E-state index in [1.54, 1.807) is 11.9 Å². The van der Waals surface area contributed by atoms with E-state index in [-0.39, 0.29) is 24.9 Å². The van der Waals surface area contributed by atoms with Gasteiger partial charge in [0.25, 0.3) is 0 Å². The molecule has 20 heavy (non-hydrogen) atoms. The maximum atomic E-state index is 11.8. The number of hydrogen-bond donors (Lipinski definition) is 1. The van der Waals surface area contributed by atoms with Crippen molar-refractivity contribution in [2.75, 3.05) is 33.9 Å². The summed E-state index contributed by atoms with van der Waals surface area (Å²) in [6, 6.07) is 7.17. The number of nitrogens with two attached hydrogens (primary N) is 1. The fourth-order valence-corrected chi connectivity index (χ4v) is 1.58. The van der Waals surface area contributed by atoms with Crippen LogP contribution in [0.25, 0.3) is 0 Å². The zero-order valence-corrected chi connectivity index (χ0v) is 13.0. The zero-order chi connectivity index (χ0) is 14.3. The van der Waals surface area contributed by atoms with Crippen LogP contribution in [0.15, 0.2) is 24.3 Å². The minimum atomic E-state index is -0.616. The fourth-order valence-electron chi connectivity index (χ4n) is 1.58.